The van der Waals surface area contributed by atoms with Gasteiger partial charge in [-0.2, -0.15) is 0 Å². The molecule has 0 aliphatic rings. The summed E-state index contributed by atoms with van der Waals surface area (Å²) in [6.07, 6.45) is 3.52. The predicted octanol–water partition coefficient (Wildman–Crippen LogP) is 2.46. The average molecular weight is 281 g/mol. The Labute approximate surface area is 103 Å². The van der Waals surface area contributed by atoms with E-state index < -0.39 is 6.10 Å². The first-order valence-electron chi connectivity index (χ1n) is 5.07. The number of aryl methyl sites for hydroxylation is 1. The fraction of sp³-hybridized carbons (Fsp3) is 0.250. The van der Waals surface area contributed by atoms with Crippen molar-refractivity contribution in [2.45, 2.75) is 12.5 Å². The normalized spacial score (nSPS) is 12.7. The molecule has 16 heavy (non-hydrogen) atoms. The van der Waals surface area contributed by atoms with Crippen LogP contribution in [0.25, 0.3) is 0 Å². The number of hydrogen-bond acceptors (Lipinski definition) is 2. The van der Waals surface area contributed by atoms with E-state index in [4.69, 9.17) is 0 Å². The molecule has 1 heterocycles. The van der Waals surface area contributed by atoms with Crippen molar-refractivity contribution in [2.24, 2.45) is 7.05 Å². The van der Waals surface area contributed by atoms with Crippen LogP contribution in [0.15, 0.2) is 41.1 Å². The lowest BCUT2D eigenvalue weighted by atomic mass is 10.1. The van der Waals surface area contributed by atoms with Gasteiger partial charge in [0.25, 0.3) is 0 Å². The van der Waals surface area contributed by atoms with Gasteiger partial charge in [-0.05, 0) is 11.6 Å². The van der Waals surface area contributed by atoms with Crippen LogP contribution in [-0.2, 0) is 13.5 Å². The Balaban J connectivity index is 2.17. The number of benzene rings is 1. The Kier molecular flexibility index (Phi) is 3.41. The summed E-state index contributed by atoms with van der Waals surface area (Å²) in [6.45, 7) is 0. The Morgan fingerprint density at radius 2 is 2.19 bits per heavy atom. The molecule has 0 saturated heterocycles. The minimum atomic E-state index is -0.571. The molecule has 0 radical (unpaired) electrons. The first-order chi connectivity index (χ1) is 7.68. The van der Waals surface area contributed by atoms with Crippen molar-refractivity contribution in [3.8, 4) is 0 Å². The molecule has 3 nitrogen and oxygen atoms in total. The first-order valence-corrected chi connectivity index (χ1v) is 5.86. The van der Waals surface area contributed by atoms with E-state index in [9.17, 15) is 5.11 Å². The lowest BCUT2D eigenvalue weighted by molar-refractivity contribution is 0.165. The maximum atomic E-state index is 10.1. The van der Waals surface area contributed by atoms with Crippen LogP contribution < -0.4 is 0 Å². The van der Waals surface area contributed by atoms with Crippen molar-refractivity contribution in [1.29, 1.82) is 0 Å². The van der Waals surface area contributed by atoms with Crippen LogP contribution >= 0.6 is 15.9 Å². The van der Waals surface area contributed by atoms with Crippen LogP contribution in [0.4, 0.5) is 0 Å². The van der Waals surface area contributed by atoms with E-state index in [1.807, 2.05) is 42.1 Å². The van der Waals surface area contributed by atoms with Crippen LogP contribution in [0.3, 0.4) is 0 Å². The summed E-state index contributed by atoms with van der Waals surface area (Å²) in [5.74, 6) is 0.691. The Morgan fingerprint density at radius 1 is 1.44 bits per heavy atom. The average Bonchev–Trinajstić information content (AvgIpc) is 2.68. The maximum Gasteiger partial charge on any atom is 0.137 e. The molecule has 0 bridgehead atoms. The SMILES string of the molecule is Cn1ccnc1C(O)Cc1ccccc1Br. The monoisotopic (exact) mass is 280 g/mol. The van der Waals surface area contributed by atoms with E-state index >= 15 is 0 Å². The van der Waals surface area contributed by atoms with Crippen molar-refractivity contribution in [3.05, 3.63) is 52.5 Å². The first kappa shape index (κ1) is 11.4. The molecule has 1 N–H and O–H groups in total. The highest BCUT2D eigenvalue weighted by atomic mass is 79.9. The molecule has 1 atom stereocenters. The Morgan fingerprint density at radius 3 is 2.81 bits per heavy atom. The van der Waals surface area contributed by atoms with Crippen molar-refractivity contribution in [3.63, 3.8) is 0 Å². The topological polar surface area (TPSA) is 38.0 Å². The molecule has 2 aromatic rings. The van der Waals surface area contributed by atoms with Gasteiger partial charge < -0.3 is 9.67 Å². The number of aromatic nitrogens is 2. The number of aliphatic hydroxyl groups is 1. The molecule has 1 unspecified atom stereocenters. The zero-order valence-electron chi connectivity index (χ0n) is 8.97. The summed E-state index contributed by atoms with van der Waals surface area (Å²) in [4.78, 5) is 4.14. The largest absolute Gasteiger partial charge is 0.385 e. The molecule has 0 aliphatic carbocycles. The molecule has 2 rings (SSSR count). The van der Waals surface area contributed by atoms with Gasteiger partial charge >= 0.3 is 0 Å². The quantitative estimate of drug-likeness (QED) is 0.938. The molecule has 0 spiro atoms. The van der Waals surface area contributed by atoms with Gasteiger partial charge in [-0.15, -0.1) is 0 Å². The summed E-state index contributed by atoms with van der Waals surface area (Å²) in [5, 5.41) is 10.1. The lowest BCUT2D eigenvalue weighted by Crippen LogP contribution is -2.08. The van der Waals surface area contributed by atoms with Crippen molar-refractivity contribution in [1.82, 2.24) is 9.55 Å². The Bertz CT molecular complexity index is 481. The molecule has 0 amide bonds. The van der Waals surface area contributed by atoms with Crippen LogP contribution in [0.5, 0.6) is 0 Å². The van der Waals surface area contributed by atoms with Crippen molar-refractivity contribution in [2.75, 3.05) is 0 Å². The molecular weight excluding hydrogens is 268 g/mol. The molecule has 0 saturated carbocycles. The predicted molar refractivity (Wildman–Crippen MR) is 66.0 cm³/mol. The minimum Gasteiger partial charge on any atom is -0.385 e. The highest BCUT2D eigenvalue weighted by molar-refractivity contribution is 9.10. The number of imidazole rings is 1. The fourth-order valence-corrected chi connectivity index (χ4v) is 2.11. The summed E-state index contributed by atoms with van der Waals surface area (Å²) in [7, 11) is 1.88. The third kappa shape index (κ3) is 2.33. The smallest absolute Gasteiger partial charge is 0.137 e. The number of nitrogens with zero attached hydrogens (tertiary/aromatic N) is 2. The fourth-order valence-electron chi connectivity index (χ4n) is 1.66. The second kappa shape index (κ2) is 4.80. The molecule has 0 fully saturated rings. The van der Waals surface area contributed by atoms with E-state index in [0.717, 1.165) is 10.0 Å². The number of aliphatic hydroxyl groups excluding tert-OH is 1. The van der Waals surface area contributed by atoms with Gasteiger partial charge in [0.05, 0.1) is 0 Å². The van der Waals surface area contributed by atoms with Crippen molar-refractivity contribution < 1.29 is 5.11 Å². The second-order valence-electron chi connectivity index (χ2n) is 3.71. The van der Waals surface area contributed by atoms with Gasteiger partial charge in [0.15, 0.2) is 0 Å². The molecule has 4 heteroatoms. The number of rotatable bonds is 3. The van der Waals surface area contributed by atoms with Crippen LogP contribution in [0.1, 0.15) is 17.5 Å². The van der Waals surface area contributed by atoms with Crippen LogP contribution in [0.2, 0.25) is 0 Å². The molecular formula is C12H13BrN2O. The number of hydrogen-bond donors (Lipinski definition) is 1. The van der Waals surface area contributed by atoms with E-state index in [2.05, 4.69) is 20.9 Å². The van der Waals surface area contributed by atoms with Gasteiger partial charge in [0.2, 0.25) is 0 Å². The third-order valence-corrected chi connectivity index (χ3v) is 3.30. The summed E-state index contributed by atoms with van der Waals surface area (Å²) < 4.78 is 2.85. The highest BCUT2D eigenvalue weighted by Crippen LogP contribution is 2.22. The number of halogens is 1. The van der Waals surface area contributed by atoms with Gasteiger partial charge in [0.1, 0.15) is 11.9 Å². The van der Waals surface area contributed by atoms with Gasteiger partial charge in [0, 0.05) is 30.3 Å². The molecule has 1 aromatic carbocycles. The van der Waals surface area contributed by atoms with Gasteiger partial charge in [-0.3, -0.25) is 0 Å². The van der Waals surface area contributed by atoms with Gasteiger partial charge in [-0.25, -0.2) is 4.98 Å². The van der Waals surface area contributed by atoms with E-state index in [1.54, 1.807) is 6.20 Å². The van der Waals surface area contributed by atoms with Crippen LogP contribution in [-0.4, -0.2) is 14.7 Å². The molecule has 1 aromatic heterocycles. The standard InChI is InChI=1S/C12H13BrN2O/c1-15-7-6-14-12(15)11(16)8-9-4-2-3-5-10(9)13/h2-7,11,16H,8H2,1H3. The zero-order valence-corrected chi connectivity index (χ0v) is 10.6. The molecule has 84 valence electrons. The summed E-state index contributed by atoms with van der Waals surface area (Å²) in [5.41, 5.74) is 1.08. The highest BCUT2D eigenvalue weighted by Gasteiger charge is 2.14. The molecule has 0 aliphatic heterocycles. The van der Waals surface area contributed by atoms with E-state index in [1.165, 1.54) is 0 Å². The zero-order chi connectivity index (χ0) is 11.5. The van der Waals surface area contributed by atoms with E-state index in [0.29, 0.717) is 12.2 Å². The second-order valence-corrected chi connectivity index (χ2v) is 4.56. The minimum absolute atomic E-state index is 0.562. The third-order valence-electron chi connectivity index (χ3n) is 2.53. The van der Waals surface area contributed by atoms with E-state index in [-0.39, 0.29) is 0 Å². The maximum absolute atomic E-state index is 10.1. The van der Waals surface area contributed by atoms with Gasteiger partial charge in [-0.1, -0.05) is 34.1 Å². The van der Waals surface area contributed by atoms with Crippen molar-refractivity contribution >= 4 is 15.9 Å². The summed E-state index contributed by atoms with van der Waals surface area (Å²) in [6, 6.07) is 7.89. The Hall–Kier alpha value is -1.13. The lowest BCUT2D eigenvalue weighted by Gasteiger charge is -2.11. The van der Waals surface area contributed by atoms with Crippen LogP contribution in [0, 0.1) is 0 Å². The summed E-state index contributed by atoms with van der Waals surface area (Å²) >= 11 is 3.47.